The fourth-order valence-corrected chi connectivity index (χ4v) is 4.77. The van der Waals surface area contributed by atoms with E-state index in [-0.39, 0.29) is 12.7 Å². The minimum Gasteiger partial charge on any atom is -0.396 e. The van der Waals surface area contributed by atoms with Crippen LogP contribution >= 0.6 is 58.5 Å². The molecule has 0 bridgehead atoms. The van der Waals surface area contributed by atoms with E-state index < -0.39 is 0 Å². The van der Waals surface area contributed by atoms with E-state index >= 15 is 0 Å². The molecule has 0 aromatic heterocycles. The summed E-state index contributed by atoms with van der Waals surface area (Å²) >= 11 is 16.5. The molecule has 2 unspecified atom stereocenters. The third-order valence-corrected chi connectivity index (χ3v) is 6.54. The van der Waals surface area contributed by atoms with Gasteiger partial charge in [0, 0.05) is 45.8 Å². The second-order valence-corrected chi connectivity index (χ2v) is 7.65. The van der Waals surface area contributed by atoms with Gasteiger partial charge in [-0.3, -0.25) is 0 Å². The van der Waals surface area contributed by atoms with Gasteiger partial charge >= 0.3 is 0 Å². The third-order valence-electron chi connectivity index (χ3n) is 1.76. The fourth-order valence-electron chi connectivity index (χ4n) is 1.01. The molecule has 2 nitrogen and oxygen atoms in total. The van der Waals surface area contributed by atoms with Crippen LogP contribution in [-0.2, 0) is 0 Å². The van der Waals surface area contributed by atoms with Gasteiger partial charge in [-0.05, 0) is 0 Å². The van der Waals surface area contributed by atoms with Crippen molar-refractivity contribution in [3.05, 3.63) is 0 Å². The van der Waals surface area contributed by atoms with Gasteiger partial charge in [0.25, 0.3) is 0 Å². The second-order valence-electron chi connectivity index (χ2n) is 3.33. The first-order chi connectivity index (χ1) is 8.24. The van der Waals surface area contributed by atoms with Crippen molar-refractivity contribution in [1.29, 1.82) is 0 Å². The zero-order valence-corrected chi connectivity index (χ0v) is 13.6. The van der Waals surface area contributed by atoms with E-state index in [1.807, 2.05) is 0 Å². The van der Waals surface area contributed by atoms with Crippen molar-refractivity contribution in [3.8, 4) is 0 Å². The number of hydrogen-bond donors (Lipinski definition) is 2. The molecule has 2 N–H and O–H groups in total. The van der Waals surface area contributed by atoms with Gasteiger partial charge in [-0.25, -0.2) is 0 Å². The van der Waals surface area contributed by atoms with E-state index in [1.54, 1.807) is 35.3 Å². The van der Waals surface area contributed by atoms with Gasteiger partial charge in [0.1, 0.15) is 0 Å². The Morgan fingerprint density at radius 2 is 1.71 bits per heavy atom. The van der Waals surface area contributed by atoms with Crippen molar-refractivity contribution < 1.29 is 10.2 Å². The van der Waals surface area contributed by atoms with Gasteiger partial charge in [-0.2, -0.15) is 35.3 Å². The molecule has 0 spiro atoms. The first kappa shape index (κ1) is 18.6. The van der Waals surface area contributed by atoms with Crippen molar-refractivity contribution in [2.75, 3.05) is 47.1 Å². The summed E-state index contributed by atoms with van der Waals surface area (Å²) in [5, 5.41) is 18.8. The lowest BCUT2D eigenvalue weighted by Crippen LogP contribution is -2.17. The van der Waals surface area contributed by atoms with E-state index in [0.717, 1.165) is 28.8 Å². The van der Waals surface area contributed by atoms with Crippen molar-refractivity contribution in [2.45, 2.75) is 11.4 Å². The molecule has 0 saturated carbocycles. The van der Waals surface area contributed by atoms with Crippen LogP contribution in [0.1, 0.15) is 0 Å². The summed E-state index contributed by atoms with van der Waals surface area (Å²) in [7, 11) is 0. The Morgan fingerprint density at radius 1 is 1.00 bits per heavy atom. The summed E-state index contributed by atoms with van der Waals surface area (Å²) < 4.78 is 0. The molecule has 2 atom stereocenters. The average molecular weight is 339 g/mol. The van der Waals surface area contributed by atoms with E-state index in [9.17, 15) is 5.11 Å². The predicted octanol–water partition coefficient (Wildman–Crippen LogP) is 2.39. The largest absolute Gasteiger partial charge is 0.396 e. The van der Waals surface area contributed by atoms with E-state index in [1.165, 1.54) is 0 Å². The molecule has 0 heterocycles. The molecule has 0 aromatic carbocycles. The molecule has 0 radical (unpaired) electrons. The SMILES string of the molecule is OCCSC(CCl)CSCC(O)CSCCCl. The van der Waals surface area contributed by atoms with Crippen LogP contribution in [0.4, 0.5) is 0 Å². The Kier molecular flexibility index (Phi) is 15.2. The number of hydrogen-bond acceptors (Lipinski definition) is 5. The van der Waals surface area contributed by atoms with Crippen molar-refractivity contribution in [3.63, 3.8) is 0 Å². The molecule has 0 saturated heterocycles. The number of rotatable bonds is 12. The summed E-state index contributed by atoms with van der Waals surface area (Å²) in [6, 6.07) is 0. The van der Waals surface area contributed by atoms with Crippen LogP contribution < -0.4 is 0 Å². The summed E-state index contributed by atoms with van der Waals surface area (Å²) in [6.45, 7) is 0.195. The number of thioether (sulfide) groups is 3. The van der Waals surface area contributed by atoms with Crippen LogP contribution in [0.2, 0.25) is 0 Å². The highest BCUT2D eigenvalue weighted by molar-refractivity contribution is 8.03. The van der Waals surface area contributed by atoms with E-state index in [2.05, 4.69) is 0 Å². The van der Waals surface area contributed by atoms with Gasteiger partial charge in [-0.1, -0.05) is 0 Å². The first-order valence-electron chi connectivity index (χ1n) is 5.42. The van der Waals surface area contributed by atoms with Gasteiger partial charge in [0.15, 0.2) is 0 Å². The molecular formula is C10H20Cl2O2S3. The standard InChI is InChI=1S/C10H20Cl2O2S3/c11-1-3-15-6-9(14)7-16-8-10(5-12)17-4-2-13/h9-10,13-14H,1-8H2. The van der Waals surface area contributed by atoms with E-state index in [0.29, 0.717) is 17.0 Å². The fraction of sp³-hybridized carbons (Fsp3) is 1.00. The Bertz CT molecular complexity index is 166. The second kappa shape index (κ2) is 14.0. The molecule has 7 heteroatoms. The molecule has 104 valence electrons. The minimum absolute atomic E-state index is 0.195. The van der Waals surface area contributed by atoms with Crippen LogP contribution in [0.25, 0.3) is 0 Å². The highest BCUT2D eigenvalue weighted by Gasteiger charge is 2.10. The summed E-state index contributed by atoms with van der Waals surface area (Å²) in [6.07, 6.45) is -0.271. The minimum atomic E-state index is -0.271. The van der Waals surface area contributed by atoms with Crippen molar-refractivity contribution in [1.82, 2.24) is 0 Å². The zero-order valence-electron chi connectivity index (χ0n) is 9.69. The van der Waals surface area contributed by atoms with Crippen LogP contribution in [0.5, 0.6) is 0 Å². The normalized spacial score (nSPS) is 14.8. The van der Waals surface area contributed by atoms with Crippen LogP contribution in [0.3, 0.4) is 0 Å². The van der Waals surface area contributed by atoms with Gasteiger partial charge in [0.2, 0.25) is 0 Å². The lowest BCUT2D eigenvalue weighted by molar-refractivity contribution is 0.225. The van der Waals surface area contributed by atoms with Crippen LogP contribution in [-0.4, -0.2) is 68.7 Å². The highest BCUT2D eigenvalue weighted by Crippen LogP contribution is 2.19. The van der Waals surface area contributed by atoms with Crippen molar-refractivity contribution >= 4 is 58.5 Å². The topological polar surface area (TPSA) is 40.5 Å². The lowest BCUT2D eigenvalue weighted by Gasteiger charge is -2.14. The molecular weight excluding hydrogens is 319 g/mol. The molecule has 0 amide bonds. The third kappa shape index (κ3) is 12.3. The molecule has 0 aliphatic rings. The number of alkyl halides is 2. The predicted molar refractivity (Wildman–Crippen MR) is 85.4 cm³/mol. The molecule has 0 rings (SSSR count). The summed E-state index contributed by atoms with van der Waals surface area (Å²) in [5.74, 6) is 5.25. The first-order valence-corrected chi connectivity index (χ1v) is 9.85. The van der Waals surface area contributed by atoms with Crippen LogP contribution in [0, 0.1) is 0 Å². The summed E-state index contributed by atoms with van der Waals surface area (Å²) in [4.78, 5) is 0. The average Bonchev–Trinajstić information content (AvgIpc) is 2.34. The number of halogens is 2. The number of aliphatic hydroxyl groups is 2. The molecule has 0 aromatic rings. The van der Waals surface area contributed by atoms with Crippen LogP contribution in [0.15, 0.2) is 0 Å². The smallest absolute Gasteiger partial charge is 0.0720 e. The Balaban J connectivity index is 3.45. The number of aliphatic hydroxyl groups excluding tert-OH is 2. The maximum atomic E-state index is 9.67. The monoisotopic (exact) mass is 338 g/mol. The Labute approximate surface area is 127 Å². The quantitative estimate of drug-likeness (QED) is 0.422. The highest BCUT2D eigenvalue weighted by atomic mass is 35.5. The lowest BCUT2D eigenvalue weighted by atomic mass is 10.5. The molecule has 0 fully saturated rings. The molecule has 17 heavy (non-hydrogen) atoms. The zero-order chi connectivity index (χ0) is 12.9. The Hall–Kier alpha value is 1.55. The Morgan fingerprint density at radius 3 is 2.29 bits per heavy atom. The van der Waals surface area contributed by atoms with Gasteiger partial charge in [0.05, 0.1) is 12.7 Å². The summed E-state index contributed by atoms with van der Waals surface area (Å²) in [5.41, 5.74) is 0. The molecule has 0 aliphatic carbocycles. The van der Waals surface area contributed by atoms with Crippen molar-refractivity contribution in [2.24, 2.45) is 0 Å². The maximum absolute atomic E-state index is 9.67. The molecule has 0 aliphatic heterocycles. The maximum Gasteiger partial charge on any atom is 0.0720 e. The van der Waals surface area contributed by atoms with Gasteiger partial charge < -0.3 is 10.2 Å². The van der Waals surface area contributed by atoms with Gasteiger partial charge in [-0.15, -0.1) is 23.2 Å². The van der Waals surface area contributed by atoms with E-state index in [4.69, 9.17) is 28.3 Å².